The molecule has 2 rings (SSSR count). The lowest BCUT2D eigenvalue weighted by molar-refractivity contribution is -0.137. The van der Waals surface area contributed by atoms with Crippen LogP contribution in [0.4, 0.5) is 19.0 Å². The molecular weight excluding hydrogens is 380 g/mol. The van der Waals surface area contributed by atoms with Crippen LogP contribution in [0.15, 0.2) is 12.1 Å². The molecule has 2 aromatic rings. The molecule has 1 heterocycles. The smallest absolute Gasteiger partial charge is 0.310 e. The molecule has 10 heteroatoms. The second kappa shape index (κ2) is 7.33. The lowest BCUT2D eigenvalue weighted by atomic mass is 10.1. The van der Waals surface area contributed by atoms with Gasteiger partial charge in [-0.3, -0.25) is 9.89 Å². The van der Waals surface area contributed by atoms with Gasteiger partial charge in [-0.15, -0.1) is 0 Å². The van der Waals surface area contributed by atoms with Gasteiger partial charge < -0.3 is 5.32 Å². The Hall–Kier alpha value is -2.24. The third-order valence-corrected chi connectivity index (χ3v) is 3.82. The van der Waals surface area contributed by atoms with Gasteiger partial charge in [-0.2, -0.15) is 23.5 Å². The van der Waals surface area contributed by atoms with Crippen molar-refractivity contribution in [2.45, 2.75) is 25.9 Å². The predicted molar refractivity (Wildman–Crippen MR) is 87.3 cm³/mol. The predicted octanol–water partition coefficient (Wildman–Crippen LogP) is 5.01. The fraction of sp³-hybridized carbons (Fsp3) is 0.267. The number of alkyl halides is 3. The monoisotopic (exact) mass is 390 g/mol. The number of carbonyl (C=O) groups is 1. The van der Waals surface area contributed by atoms with Gasteiger partial charge in [0.15, 0.2) is 0 Å². The average Bonchev–Trinajstić information content (AvgIpc) is 2.88. The van der Waals surface area contributed by atoms with Crippen molar-refractivity contribution in [3.8, 4) is 17.3 Å². The van der Waals surface area contributed by atoms with E-state index in [0.29, 0.717) is 18.6 Å². The fourth-order valence-electron chi connectivity index (χ4n) is 2.11. The van der Waals surface area contributed by atoms with E-state index in [9.17, 15) is 23.2 Å². The lowest BCUT2D eigenvalue weighted by Gasteiger charge is -2.11. The Balaban J connectivity index is 2.52. The first kappa shape index (κ1) is 19.1. The third kappa shape index (κ3) is 4.06. The van der Waals surface area contributed by atoms with Crippen molar-refractivity contribution in [3.63, 3.8) is 0 Å². The molecular formula is C15H11Cl2F3N4O. The van der Waals surface area contributed by atoms with Crippen LogP contribution in [0.1, 0.15) is 30.9 Å². The van der Waals surface area contributed by atoms with Crippen LogP contribution in [0.25, 0.3) is 11.3 Å². The molecule has 0 radical (unpaired) electrons. The summed E-state index contributed by atoms with van der Waals surface area (Å²) in [6.45, 7) is 1.81. The highest BCUT2D eigenvalue weighted by Crippen LogP contribution is 2.41. The van der Waals surface area contributed by atoms with E-state index in [2.05, 4.69) is 15.5 Å². The summed E-state index contributed by atoms with van der Waals surface area (Å²) in [5.74, 6) is -0.304. The Kier molecular flexibility index (Phi) is 5.60. The van der Waals surface area contributed by atoms with Gasteiger partial charge in [-0.25, -0.2) is 0 Å². The number of carbonyl (C=O) groups excluding carboxylic acids is 1. The zero-order chi connectivity index (χ0) is 18.8. The second-order valence-electron chi connectivity index (χ2n) is 5.04. The molecule has 0 fully saturated rings. The highest BCUT2D eigenvalue weighted by atomic mass is 35.5. The van der Waals surface area contributed by atoms with E-state index in [1.807, 2.05) is 13.0 Å². The maximum Gasteiger partial charge on any atom is 0.416 e. The van der Waals surface area contributed by atoms with E-state index in [1.54, 1.807) is 0 Å². The van der Waals surface area contributed by atoms with E-state index in [-0.39, 0.29) is 45.0 Å². The molecule has 0 saturated heterocycles. The van der Waals surface area contributed by atoms with E-state index in [0.717, 1.165) is 0 Å². The maximum atomic E-state index is 12.8. The van der Waals surface area contributed by atoms with Crippen molar-refractivity contribution in [1.82, 2.24) is 10.2 Å². The van der Waals surface area contributed by atoms with Crippen molar-refractivity contribution >= 4 is 34.9 Å². The number of nitrogens with one attached hydrogen (secondary N) is 2. The second-order valence-corrected chi connectivity index (χ2v) is 5.86. The number of hydrogen-bond acceptors (Lipinski definition) is 3. The summed E-state index contributed by atoms with van der Waals surface area (Å²) in [6, 6.07) is 3.25. The van der Waals surface area contributed by atoms with Crippen LogP contribution in [0, 0.1) is 11.3 Å². The summed E-state index contributed by atoms with van der Waals surface area (Å²) in [7, 11) is 0. The first-order valence-corrected chi connectivity index (χ1v) is 7.79. The van der Waals surface area contributed by atoms with Gasteiger partial charge in [0.1, 0.15) is 23.1 Å². The summed E-state index contributed by atoms with van der Waals surface area (Å²) in [4.78, 5) is 11.7. The topological polar surface area (TPSA) is 81.6 Å². The molecule has 0 unspecified atom stereocenters. The van der Waals surface area contributed by atoms with Crippen molar-refractivity contribution in [1.29, 1.82) is 5.26 Å². The minimum absolute atomic E-state index is 0.0277. The van der Waals surface area contributed by atoms with Gasteiger partial charge in [0.25, 0.3) is 0 Å². The largest absolute Gasteiger partial charge is 0.416 e. The zero-order valence-corrected chi connectivity index (χ0v) is 14.3. The molecule has 132 valence electrons. The van der Waals surface area contributed by atoms with Crippen LogP contribution in [0.2, 0.25) is 10.0 Å². The Labute approximate surface area is 150 Å². The number of benzene rings is 1. The summed E-state index contributed by atoms with van der Waals surface area (Å²) in [5, 5.41) is 17.5. The molecule has 0 aliphatic carbocycles. The van der Waals surface area contributed by atoms with Crippen molar-refractivity contribution < 1.29 is 18.0 Å². The van der Waals surface area contributed by atoms with E-state index in [4.69, 9.17) is 23.2 Å². The molecule has 1 amide bonds. The number of rotatable bonds is 4. The van der Waals surface area contributed by atoms with Crippen LogP contribution in [-0.4, -0.2) is 16.1 Å². The fourth-order valence-corrected chi connectivity index (χ4v) is 2.78. The highest BCUT2D eigenvalue weighted by Gasteiger charge is 2.33. The van der Waals surface area contributed by atoms with E-state index >= 15 is 0 Å². The summed E-state index contributed by atoms with van der Waals surface area (Å²) >= 11 is 11.9. The first-order valence-electron chi connectivity index (χ1n) is 7.04. The number of H-pyrrole nitrogens is 1. The highest BCUT2D eigenvalue weighted by molar-refractivity contribution is 6.39. The number of amides is 1. The van der Waals surface area contributed by atoms with Gasteiger partial charge in [0, 0.05) is 12.0 Å². The molecule has 5 nitrogen and oxygen atoms in total. The zero-order valence-electron chi connectivity index (χ0n) is 12.8. The number of nitrogens with zero attached hydrogens (tertiary/aromatic N) is 2. The van der Waals surface area contributed by atoms with E-state index < -0.39 is 11.7 Å². The van der Waals surface area contributed by atoms with Crippen LogP contribution >= 0.6 is 23.2 Å². The lowest BCUT2D eigenvalue weighted by Crippen LogP contribution is -2.11. The summed E-state index contributed by atoms with van der Waals surface area (Å²) in [5.41, 5.74) is -1.16. The molecule has 0 aliphatic heterocycles. The molecule has 0 bridgehead atoms. The number of nitriles is 1. The maximum absolute atomic E-state index is 12.8. The van der Waals surface area contributed by atoms with Crippen LogP contribution in [0.5, 0.6) is 0 Å². The number of halogens is 5. The van der Waals surface area contributed by atoms with Crippen molar-refractivity contribution in [2.24, 2.45) is 0 Å². The molecule has 0 aliphatic rings. The quantitative estimate of drug-likeness (QED) is 0.769. The van der Waals surface area contributed by atoms with Gasteiger partial charge >= 0.3 is 6.18 Å². The number of aromatic amines is 1. The third-order valence-electron chi connectivity index (χ3n) is 3.23. The van der Waals surface area contributed by atoms with E-state index in [1.165, 1.54) is 0 Å². The first-order chi connectivity index (χ1) is 11.7. The normalized spacial score (nSPS) is 11.2. The Morgan fingerprint density at radius 3 is 2.44 bits per heavy atom. The molecule has 1 aromatic carbocycles. The average molecular weight is 391 g/mol. The Morgan fingerprint density at radius 2 is 1.96 bits per heavy atom. The number of aromatic nitrogens is 2. The molecule has 2 N–H and O–H groups in total. The Bertz CT molecular complexity index is 832. The van der Waals surface area contributed by atoms with Gasteiger partial charge in [-0.05, 0) is 18.6 Å². The summed E-state index contributed by atoms with van der Waals surface area (Å²) in [6.07, 6.45) is -3.78. The SMILES string of the molecule is CCCC(=O)Nc1[nH]nc(-c2c(Cl)cc(C(F)(F)F)cc2Cl)c1C#N. The summed E-state index contributed by atoms with van der Waals surface area (Å²) < 4.78 is 38.4. The number of hydrogen-bond donors (Lipinski definition) is 2. The van der Waals surface area contributed by atoms with Crippen molar-refractivity contribution in [2.75, 3.05) is 5.32 Å². The van der Waals surface area contributed by atoms with Crippen LogP contribution in [0.3, 0.4) is 0 Å². The molecule has 25 heavy (non-hydrogen) atoms. The Morgan fingerprint density at radius 1 is 1.36 bits per heavy atom. The molecule has 0 atom stereocenters. The van der Waals surface area contributed by atoms with Gasteiger partial charge in [-0.1, -0.05) is 30.1 Å². The minimum atomic E-state index is -4.62. The minimum Gasteiger partial charge on any atom is -0.310 e. The standard InChI is InChI=1S/C15H11Cl2F3N4O/c1-2-3-11(25)22-14-8(6-21)13(23-24-14)12-9(16)4-7(5-10(12)17)15(18,19)20/h4-5H,2-3H2,1H3,(H2,22,23,24,25). The molecule has 0 saturated carbocycles. The molecule has 0 spiro atoms. The van der Waals surface area contributed by atoms with Crippen LogP contribution in [-0.2, 0) is 11.0 Å². The molecule has 1 aromatic heterocycles. The van der Waals surface area contributed by atoms with Gasteiger partial charge in [0.05, 0.1) is 15.6 Å². The number of anilines is 1. The van der Waals surface area contributed by atoms with Gasteiger partial charge in [0.2, 0.25) is 5.91 Å². The van der Waals surface area contributed by atoms with Crippen LogP contribution < -0.4 is 5.32 Å². The van der Waals surface area contributed by atoms with Crippen molar-refractivity contribution in [3.05, 3.63) is 33.3 Å².